The van der Waals surface area contributed by atoms with Crippen molar-refractivity contribution in [2.75, 3.05) is 12.4 Å². The average molecular weight is 401 g/mol. The molecule has 1 aromatic heterocycles. The summed E-state index contributed by atoms with van der Waals surface area (Å²) < 4.78 is 0. The van der Waals surface area contributed by atoms with E-state index in [0.717, 1.165) is 12.0 Å². The largest absolute Gasteiger partial charge is 0.354 e. The highest BCUT2D eigenvalue weighted by Crippen LogP contribution is 2.48. The Morgan fingerprint density at radius 2 is 1.97 bits per heavy atom. The highest BCUT2D eigenvalue weighted by Gasteiger charge is 2.43. The van der Waals surface area contributed by atoms with Crippen LogP contribution in [0.5, 0.6) is 0 Å². The molecule has 150 valence electrons. The van der Waals surface area contributed by atoms with Gasteiger partial charge >= 0.3 is 0 Å². The summed E-state index contributed by atoms with van der Waals surface area (Å²) in [6.07, 6.45) is 2.25. The first-order chi connectivity index (χ1) is 14.6. The molecule has 2 atom stereocenters. The molecule has 1 saturated carbocycles. The number of H-pyrrole nitrogens is 1. The summed E-state index contributed by atoms with van der Waals surface area (Å²) in [4.78, 5) is 40.6. The van der Waals surface area contributed by atoms with Crippen molar-refractivity contribution >= 4 is 40.5 Å². The molecule has 2 heterocycles. The lowest BCUT2D eigenvalue weighted by molar-refractivity contribution is -0.117. The van der Waals surface area contributed by atoms with E-state index in [2.05, 4.69) is 26.1 Å². The molecule has 3 amide bonds. The van der Waals surface area contributed by atoms with Crippen molar-refractivity contribution in [1.29, 1.82) is 0 Å². The number of carbonyl (C=O) groups excluding carboxylic acids is 3. The molecule has 0 bridgehead atoms. The van der Waals surface area contributed by atoms with E-state index in [1.165, 1.54) is 13.3 Å². The standard InChI is InChI=1S/C22H19N5O3/c1-23-22(30)19-16-10-24-27-21(29)15-7-12(8-17(26-19)18(15)16)25-20(28)14-9-13(14)11-5-3-2-4-6-11/h2-8,10,13-14,26H,9H2,1H3,(H,23,30)(H,25,28)(H,27,29). The minimum absolute atomic E-state index is 0.0843. The summed E-state index contributed by atoms with van der Waals surface area (Å²) in [5.41, 5.74) is 5.85. The number of amides is 3. The van der Waals surface area contributed by atoms with E-state index in [-0.39, 0.29) is 23.7 Å². The van der Waals surface area contributed by atoms with Gasteiger partial charge in [-0.2, -0.15) is 5.10 Å². The average Bonchev–Trinajstić information content (AvgIpc) is 3.51. The minimum atomic E-state index is -0.401. The molecule has 0 saturated heterocycles. The number of anilines is 1. The number of benzene rings is 2. The van der Waals surface area contributed by atoms with Crippen LogP contribution in [0.1, 0.15) is 44.3 Å². The van der Waals surface area contributed by atoms with E-state index in [0.29, 0.717) is 33.4 Å². The summed E-state index contributed by atoms with van der Waals surface area (Å²) in [5, 5.41) is 10.0. The highest BCUT2D eigenvalue weighted by molar-refractivity contribution is 6.19. The van der Waals surface area contributed by atoms with Crippen LogP contribution in [-0.2, 0) is 4.79 Å². The number of aromatic amines is 1. The maximum absolute atomic E-state index is 12.8. The molecule has 30 heavy (non-hydrogen) atoms. The predicted molar refractivity (Wildman–Crippen MR) is 113 cm³/mol. The van der Waals surface area contributed by atoms with E-state index in [4.69, 9.17) is 0 Å². The molecule has 8 heteroatoms. The van der Waals surface area contributed by atoms with E-state index in [9.17, 15) is 14.4 Å². The van der Waals surface area contributed by atoms with Gasteiger partial charge in [0.1, 0.15) is 5.69 Å². The van der Waals surface area contributed by atoms with Crippen LogP contribution >= 0.6 is 0 Å². The fourth-order valence-electron chi connectivity index (χ4n) is 4.05. The second-order valence-electron chi connectivity index (χ2n) is 7.49. The number of aromatic nitrogens is 1. The zero-order chi connectivity index (χ0) is 20.8. The molecule has 1 aliphatic carbocycles. The Balaban J connectivity index is 1.48. The minimum Gasteiger partial charge on any atom is -0.354 e. The number of nitrogens with one attached hydrogen (secondary N) is 4. The second-order valence-corrected chi connectivity index (χ2v) is 7.49. The smallest absolute Gasteiger partial charge is 0.272 e. The van der Waals surface area contributed by atoms with Crippen LogP contribution in [0.4, 0.5) is 5.69 Å². The topological polar surface area (TPSA) is 115 Å². The Hall–Kier alpha value is -3.94. The summed E-state index contributed by atoms with van der Waals surface area (Å²) in [6.45, 7) is 0. The molecule has 2 unspecified atom stereocenters. The fourth-order valence-corrected chi connectivity index (χ4v) is 4.05. The van der Waals surface area contributed by atoms with E-state index in [1.54, 1.807) is 12.1 Å². The van der Waals surface area contributed by atoms with Gasteiger partial charge in [-0.15, -0.1) is 0 Å². The number of nitrogens with zero attached hydrogens (tertiary/aromatic N) is 1. The maximum atomic E-state index is 12.8. The molecule has 8 nitrogen and oxygen atoms in total. The molecule has 1 aliphatic heterocycles. The third-order valence-corrected chi connectivity index (χ3v) is 5.62. The monoisotopic (exact) mass is 401 g/mol. The fraction of sp³-hybridized carbons (Fsp3) is 0.182. The van der Waals surface area contributed by atoms with Crippen molar-refractivity contribution in [3.05, 3.63) is 64.8 Å². The van der Waals surface area contributed by atoms with Crippen LogP contribution < -0.4 is 16.1 Å². The number of rotatable bonds is 4. The zero-order valence-electron chi connectivity index (χ0n) is 16.2. The van der Waals surface area contributed by atoms with Gasteiger partial charge in [0.2, 0.25) is 5.91 Å². The van der Waals surface area contributed by atoms with E-state index in [1.807, 2.05) is 30.3 Å². The van der Waals surface area contributed by atoms with Crippen LogP contribution in [0, 0.1) is 5.92 Å². The van der Waals surface area contributed by atoms with Crippen molar-refractivity contribution in [2.45, 2.75) is 12.3 Å². The molecule has 5 rings (SSSR count). The van der Waals surface area contributed by atoms with Crippen molar-refractivity contribution in [1.82, 2.24) is 15.7 Å². The lowest BCUT2D eigenvalue weighted by atomic mass is 10.0. The Kier molecular flexibility index (Phi) is 4.13. The normalized spacial score (nSPS) is 19.2. The van der Waals surface area contributed by atoms with Gasteiger partial charge in [0.25, 0.3) is 11.8 Å². The summed E-state index contributed by atoms with van der Waals surface area (Å²) in [5.74, 6) is -0.687. The Labute approximate surface area is 171 Å². The van der Waals surface area contributed by atoms with Crippen molar-refractivity contribution < 1.29 is 14.4 Å². The second kappa shape index (κ2) is 6.84. The van der Waals surface area contributed by atoms with Crippen LogP contribution in [-0.4, -0.2) is 36.0 Å². The number of hydrazone groups is 1. The van der Waals surface area contributed by atoms with Gasteiger partial charge in [0, 0.05) is 35.1 Å². The highest BCUT2D eigenvalue weighted by atomic mass is 16.2. The number of hydrogen-bond donors (Lipinski definition) is 4. The first-order valence-electron chi connectivity index (χ1n) is 9.68. The SMILES string of the molecule is CNC(=O)c1[nH]c2cc(NC(=O)C3CC3c3ccccc3)cc3c2c1C=NNC3=O. The van der Waals surface area contributed by atoms with Gasteiger partial charge in [-0.05, 0) is 30.0 Å². The van der Waals surface area contributed by atoms with Gasteiger partial charge in [-0.1, -0.05) is 30.3 Å². The van der Waals surface area contributed by atoms with Gasteiger partial charge in [-0.3, -0.25) is 14.4 Å². The first-order valence-corrected chi connectivity index (χ1v) is 9.68. The summed E-state index contributed by atoms with van der Waals surface area (Å²) in [7, 11) is 1.53. The lowest BCUT2D eigenvalue weighted by Crippen LogP contribution is -2.19. The molecular formula is C22H19N5O3. The summed E-state index contributed by atoms with van der Waals surface area (Å²) >= 11 is 0. The Morgan fingerprint density at radius 1 is 1.17 bits per heavy atom. The van der Waals surface area contributed by atoms with Gasteiger partial charge < -0.3 is 15.6 Å². The molecule has 3 aromatic rings. The molecule has 2 aromatic carbocycles. The third-order valence-electron chi connectivity index (χ3n) is 5.62. The van der Waals surface area contributed by atoms with Crippen molar-refractivity contribution in [2.24, 2.45) is 11.0 Å². The van der Waals surface area contributed by atoms with Crippen molar-refractivity contribution in [3.63, 3.8) is 0 Å². The lowest BCUT2D eigenvalue weighted by Gasteiger charge is -2.08. The number of hydrogen-bond acceptors (Lipinski definition) is 4. The first kappa shape index (κ1) is 18.1. The maximum Gasteiger partial charge on any atom is 0.272 e. The van der Waals surface area contributed by atoms with Gasteiger partial charge in [0.15, 0.2) is 0 Å². The van der Waals surface area contributed by atoms with Crippen LogP contribution in [0.25, 0.3) is 10.9 Å². The van der Waals surface area contributed by atoms with Crippen molar-refractivity contribution in [3.8, 4) is 0 Å². The summed E-state index contributed by atoms with van der Waals surface area (Å²) in [6, 6.07) is 13.3. The molecule has 0 radical (unpaired) electrons. The molecule has 4 N–H and O–H groups in total. The van der Waals surface area contributed by atoms with Crippen LogP contribution in [0.2, 0.25) is 0 Å². The molecule has 2 aliphatic rings. The van der Waals surface area contributed by atoms with E-state index < -0.39 is 5.91 Å². The van der Waals surface area contributed by atoms with Crippen LogP contribution in [0.3, 0.4) is 0 Å². The quantitative estimate of drug-likeness (QED) is 0.538. The molecule has 1 fully saturated rings. The van der Waals surface area contributed by atoms with Gasteiger partial charge in [0.05, 0.1) is 11.8 Å². The Morgan fingerprint density at radius 3 is 2.73 bits per heavy atom. The molecular weight excluding hydrogens is 382 g/mol. The van der Waals surface area contributed by atoms with Gasteiger partial charge in [-0.25, -0.2) is 5.43 Å². The predicted octanol–water partition coefficient (Wildman–Crippen LogP) is 2.35. The third kappa shape index (κ3) is 2.93. The molecule has 0 spiro atoms. The van der Waals surface area contributed by atoms with Crippen LogP contribution in [0.15, 0.2) is 47.6 Å². The van der Waals surface area contributed by atoms with E-state index >= 15 is 0 Å². The number of carbonyl (C=O) groups is 3. The Bertz CT molecular complexity index is 1230. The zero-order valence-corrected chi connectivity index (χ0v) is 16.2.